The van der Waals surface area contributed by atoms with Crippen molar-refractivity contribution in [1.29, 1.82) is 0 Å². The second-order valence-corrected chi connectivity index (χ2v) is 8.49. The predicted octanol–water partition coefficient (Wildman–Crippen LogP) is 6.31. The molecule has 30 heavy (non-hydrogen) atoms. The summed E-state index contributed by atoms with van der Waals surface area (Å²) in [6, 6.07) is 21.0. The average Bonchev–Trinajstić information content (AvgIpc) is 3.17. The highest BCUT2D eigenvalue weighted by atomic mass is 35.5. The van der Waals surface area contributed by atoms with E-state index in [0.717, 1.165) is 27.2 Å². The highest BCUT2D eigenvalue weighted by Crippen LogP contribution is 2.35. The summed E-state index contributed by atoms with van der Waals surface area (Å²) in [7, 11) is 0. The number of anilines is 1. The highest BCUT2D eigenvalue weighted by Gasteiger charge is 2.12. The number of nitrogens with one attached hydrogen (secondary N) is 2. The fourth-order valence-corrected chi connectivity index (χ4v) is 4.52. The molecule has 0 atom stereocenters. The maximum atomic E-state index is 12.4. The lowest BCUT2D eigenvalue weighted by Crippen LogP contribution is -2.34. The van der Waals surface area contributed by atoms with E-state index in [1.807, 2.05) is 48.5 Å². The second-order valence-electron chi connectivity index (χ2n) is 6.64. The van der Waals surface area contributed by atoms with Gasteiger partial charge in [0.2, 0.25) is 0 Å². The van der Waals surface area contributed by atoms with Gasteiger partial charge in [0.1, 0.15) is 5.01 Å². The van der Waals surface area contributed by atoms with E-state index in [4.69, 9.17) is 23.8 Å². The van der Waals surface area contributed by atoms with Crippen molar-refractivity contribution in [1.82, 2.24) is 10.3 Å². The normalized spacial score (nSPS) is 10.7. The highest BCUT2D eigenvalue weighted by molar-refractivity contribution is 7.80. The molecule has 1 amide bonds. The van der Waals surface area contributed by atoms with Crippen LogP contribution in [0.4, 0.5) is 5.69 Å². The van der Waals surface area contributed by atoms with E-state index in [0.29, 0.717) is 16.3 Å². The average molecular weight is 452 g/mol. The van der Waals surface area contributed by atoms with Gasteiger partial charge in [0.05, 0.1) is 15.2 Å². The molecule has 0 aliphatic rings. The van der Waals surface area contributed by atoms with Crippen LogP contribution in [-0.2, 0) is 6.42 Å². The van der Waals surface area contributed by atoms with Crippen LogP contribution in [0.15, 0.2) is 66.7 Å². The van der Waals surface area contributed by atoms with Crippen LogP contribution in [0.1, 0.15) is 22.8 Å². The SMILES string of the molecule is CCc1ccc(C(=O)NC(=S)Nc2ccc(-c3nc4ccccc4s3)c(Cl)c2)cc1. The van der Waals surface area contributed by atoms with Crippen molar-refractivity contribution in [3.63, 3.8) is 0 Å². The summed E-state index contributed by atoms with van der Waals surface area (Å²) in [6.07, 6.45) is 0.926. The first kappa shape index (κ1) is 20.5. The molecule has 4 rings (SSSR count). The van der Waals surface area contributed by atoms with Crippen LogP contribution < -0.4 is 10.6 Å². The molecule has 1 aromatic heterocycles. The molecule has 0 spiro atoms. The van der Waals surface area contributed by atoms with Gasteiger partial charge in [0, 0.05) is 16.8 Å². The van der Waals surface area contributed by atoms with Gasteiger partial charge in [0.25, 0.3) is 5.91 Å². The number of nitrogens with zero attached hydrogens (tertiary/aromatic N) is 1. The Bertz CT molecular complexity index is 1200. The van der Waals surface area contributed by atoms with Crippen molar-refractivity contribution in [2.24, 2.45) is 0 Å². The summed E-state index contributed by atoms with van der Waals surface area (Å²) in [6.45, 7) is 2.07. The quantitative estimate of drug-likeness (QED) is 0.357. The van der Waals surface area contributed by atoms with E-state index in [2.05, 4.69) is 22.5 Å². The van der Waals surface area contributed by atoms with Gasteiger partial charge in [0.15, 0.2) is 5.11 Å². The summed E-state index contributed by atoms with van der Waals surface area (Å²) in [5.41, 5.74) is 4.23. The number of thiazole rings is 1. The van der Waals surface area contributed by atoms with Gasteiger partial charge < -0.3 is 5.32 Å². The number of thiocarbonyl (C=S) groups is 1. The Morgan fingerprint density at radius 2 is 1.87 bits per heavy atom. The molecule has 4 nitrogen and oxygen atoms in total. The lowest BCUT2D eigenvalue weighted by atomic mass is 10.1. The molecule has 2 N–H and O–H groups in total. The van der Waals surface area contributed by atoms with Gasteiger partial charge >= 0.3 is 0 Å². The third kappa shape index (κ3) is 4.51. The first-order chi connectivity index (χ1) is 14.5. The number of para-hydroxylation sites is 1. The van der Waals surface area contributed by atoms with Gasteiger partial charge in [-0.3, -0.25) is 10.1 Å². The minimum atomic E-state index is -0.257. The maximum absolute atomic E-state index is 12.4. The predicted molar refractivity (Wildman–Crippen MR) is 130 cm³/mol. The fourth-order valence-electron chi connectivity index (χ4n) is 2.98. The third-order valence-electron chi connectivity index (χ3n) is 4.60. The fraction of sp³-hybridized carbons (Fsp3) is 0.0870. The molecule has 0 radical (unpaired) electrons. The van der Waals surface area contributed by atoms with Gasteiger partial charge in [-0.1, -0.05) is 42.8 Å². The molecule has 0 bridgehead atoms. The molecule has 150 valence electrons. The van der Waals surface area contributed by atoms with Crippen molar-refractivity contribution in [3.8, 4) is 10.6 Å². The smallest absolute Gasteiger partial charge is 0.257 e. The molecule has 0 saturated carbocycles. The Labute approximate surface area is 188 Å². The number of aryl methyl sites for hydroxylation is 1. The minimum absolute atomic E-state index is 0.211. The Morgan fingerprint density at radius 1 is 1.10 bits per heavy atom. The van der Waals surface area contributed by atoms with E-state index < -0.39 is 0 Å². The van der Waals surface area contributed by atoms with Crippen LogP contribution in [0.2, 0.25) is 5.02 Å². The molecule has 0 unspecified atom stereocenters. The van der Waals surface area contributed by atoms with Crippen molar-refractivity contribution in [3.05, 3.63) is 82.9 Å². The summed E-state index contributed by atoms with van der Waals surface area (Å²) >= 11 is 13.4. The molecule has 0 aliphatic heterocycles. The van der Waals surface area contributed by atoms with E-state index in [1.165, 1.54) is 5.56 Å². The zero-order valence-electron chi connectivity index (χ0n) is 16.1. The zero-order chi connectivity index (χ0) is 21.1. The first-order valence-electron chi connectivity index (χ1n) is 9.40. The van der Waals surface area contributed by atoms with Crippen molar-refractivity contribution in [2.45, 2.75) is 13.3 Å². The molecule has 4 aromatic rings. The van der Waals surface area contributed by atoms with Crippen LogP contribution in [0.3, 0.4) is 0 Å². The summed E-state index contributed by atoms with van der Waals surface area (Å²) < 4.78 is 1.11. The summed E-state index contributed by atoms with van der Waals surface area (Å²) in [4.78, 5) is 17.0. The number of halogens is 1. The van der Waals surface area contributed by atoms with Crippen LogP contribution in [-0.4, -0.2) is 16.0 Å². The lowest BCUT2D eigenvalue weighted by Gasteiger charge is -2.11. The number of hydrogen-bond acceptors (Lipinski definition) is 4. The molecule has 0 fully saturated rings. The monoisotopic (exact) mass is 451 g/mol. The number of aromatic nitrogens is 1. The van der Waals surface area contributed by atoms with Gasteiger partial charge in [-0.25, -0.2) is 4.98 Å². The molecule has 3 aromatic carbocycles. The number of benzene rings is 3. The standard InChI is InChI=1S/C23H18ClN3OS2/c1-2-14-7-9-15(10-8-14)21(28)27-23(29)25-16-11-12-17(18(24)13-16)22-26-19-5-3-4-6-20(19)30-22/h3-13H,2H2,1H3,(H2,25,27,28,29). The van der Waals surface area contributed by atoms with E-state index in [9.17, 15) is 4.79 Å². The number of hydrogen-bond donors (Lipinski definition) is 2. The van der Waals surface area contributed by atoms with E-state index >= 15 is 0 Å². The van der Waals surface area contributed by atoms with Crippen molar-refractivity contribution >= 4 is 62.1 Å². The Hall–Kier alpha value is -2.80. The van der Waals surface area contributed by atoms with E-state index in [-0.39, 0.29) is 11.0 Å². The Kier molecular flexibility index (Phi) is 6.08. The molecular weight excluding hydrogens is 434 g/mol. The molecule has 7 heteroatoms. The molecule has 0 saturated heterocycles. The van der Waals surface area contributed by atoms with Crippen LogP contribution in [0.25, 0.3) is 20.8 Å². The maximum Gasteiger partial charge on any atom is 0.257 e. The van der Waals surface area contributed by atoms with Crippen molar-refractivity contribution in [2.75, 3.05) is 5.32 Å². The summed E-state index contributed by atoms with van der Waals surface area (Å²) in [5, 5.41) is 7.33. The number of fused-ring (bicyclic) bond motifs is 1. The zero-order valence-corrected chi connectivity index (χ0v) is 18.5. The molecular formula is C23H18ClN3OS2. The lowest BCUT2D eigenvalue weighted by molar-refractivity contribution is 0.0977. The summed E-state index contributed by atoms with van der Waals surface area (Å²) in [5.74, 6) is -0.257. The van der Waals surface area contributed by atoms with Crippen LogP contribution in [0.5, 0.6) is 0 Å². The van der Waals surface area contributed by atoms with Crippen LogP contribution >= 0.6 is 35.2 Å². The number of carbonyl (C=O) groups is 1. The van der Waals surface area contributed by atoms with E-state index in [1.54, 1.807) is 29.5 Å². The second kappa shape index (κ2) is 8.92. The topological polar surface area (TPSA) is 54.0 Å². The minimum Gasteiger partial charge on any atom is -0.332 e. The van der Waals surface area contributed by atoms with Crippen LogP contribution in [0, 0.1) is 0 Å². The Morgan fingerprint density at radius 3 is 2.57 bits per heavy atom. The molecule has 1 heterocycles. The number of carbonyl (C=O) groups excluding carboxylic acids is 1. The number of amides is 1. The first-order valence-corrected chi connectivity index (χ1v) is 11.0. The Balaban J connectivity index is 1.44. The largest absolute Gasteiger partial charge is 0.332 e. The van der Waals surface area contributed by atoms with Gasteiger partial charge in [-0.2, -0.15) is 0 Å². The number of rotatable bonds is 4. The van der Waals surface area contributed by atoms with Gasteiger partial charge in [-0.15, -0.1) is 11.3 Å². The third-order valence-corrected chi connectivity index (χ3v) is 6.19. The van der Waals surface area contributed by atoms with Crippen molar-refractivity contribution < 1.29 is 4.79 Å². The van der Waals surface area contributed by atoms with Gasteiger partial charge in [-0.05, 0) is 66.7 Å². The molecule has 0 aliphatic carbocycles.